The van der Waals surface area contributed by atoms with Gasteiger partial charge >= 0.3 is 0 Å². The number of carbonyl (C=O) groups is 1. The van der Waals surface area contributed by atoms with Crippen molar-refractivity contribution >= 4 is 29.1 Å². The third-order valence-electron chi connectivity index (χ3n) is 4.33. The van der Waals surface area contributed by atoms with Crippen LogP contribution < -0.4 is 4.74 Å². The van der Waals surface area contributed by atoms with E-state index in [-0.39, 0.29) is 11.7 Å². The Hall–Kier alpha value is -1.72. The Labute approximate surface area is 150 Å². The Kier molecular flexibility index (Phi) is 5.31. The number of ether oxygens (including phenoxy) is 1. The number of rotatable bonds is 4. The molecule has 0 saturated carbocycles. The fourth-order valence-electron chi connectivity index (χ4n) is 2.96. The van der Waals surface area contributed by atoms with Gasteiger partial charge in [-0.25, -0.2) is 0 Å². The minimum atomic E-state index is -0.148. The average molecular weight is 369 g/mol. The smallest absolute Gasteiger partial charge is 0.292 e. The van der Waals surface area contributed by atoms with Crippen LogP contribution in [0.15, 0.2) is 28.8 Å². The van der Waals surface area contributed by atoms with Crippen LogP contribution in [0.1, 0.15) is 29.0 Å². The molecule has 1 aromatic heterocycles. The number of amides is 1. The summed E-state index contributed by atoms with van der Waals surface area (Å²) in [6, 6.07) is 7.05. The molecule has 1 aliphatic heterocycles. The first-order valence-corrected chi connectivity index (χ1v) is 8.56. The number of hydrogen-bond donors (Lipinski definition) is 0. The van der Waals surface area contributed by atoms with Gasteiger partial charge in [-0.3, -0.25) is 4.79 Å². The molecule has 3 rings (SSSR count). The van der Waals surface area contributed by atoms with Gasteiger partial charge in [0, 0.05) is 23.1 Å². The Morgan fingerprint density at radius 3 is 2.75 bits per heavy atom. The molecule has 0 spiro atoms. The molecule has 2 aromatic rings. The summed E-state index contributed by atoms with van der Waals surface area (Å²) in [5.74, 6) is 0.853. The number of piperidine rings is 1. The summed E-state index contributed by atoms with van der Waals surface area (Å²) in [4.78, 5) is 14.2. The molecule has 7 heteroatoms. The third kappa shape index (κ3) is 3.84. The Morgan fingerprint density at radius 1 is 1.33 bits per heavy atom. The van der Waals surface area contributed by atoms with E-state index in [4.69, 9.17) is 32.5 Å². The molecular formula is C17H18Cl2N2O3. The van der Waals surface area contributed by atoms with E-state index in [2.05, 4.69) is 5.16 Å². The van der Waals surface area contributed by atoms with Crippen molar-refractivity contribution in [1.82, 2.24) is 10.1 Å². The van der Waals surface area contributed by atoms with E-state index in [9.17, 15) is 4.79 Å². The highest BCUT2D eigenvalue weighted by Crippen LogP contribution is 2.28. The first kappa shape index (κ1) is 17.1. The number of likely N-dealkylation sites (tertiary alicyclic amines) is 1. The zero-order valence-corrected chi connectivity index (χ0v) is 14.8. The van der Waals surface area contributed by atoms with Gasteiger partial charge in [-0.2, -0.15) is 0 Å². The Balaban J connectivity index is 1.57. The minimum Gasteiger partial charge on any atom is -0.479 e. The van der Waals surface area contributed by atoms with E-state index in [1.54, 1.807) is 11.0 Å². The van der Waals surface area contributed by atoms with Gasteiger partial charge in [0.05, 0.1) is 13.2 Å². The maximum Gasteiger partial charge on any atom is 0.292 e. The second-order valence-corrected chi connectivity index (χ2v) is 6.75. The predicted octanol–water partition coefficient (Wildman–Crippen LogP) is 4.08. The number of aromatic nitrogens is 1. The summed E-state index contributed by atoms with van der Waals surface area (Å²) in [5, 5.41) is 5.11. The predicted molar refractivity (Wildman–Crippen MR) is 91.8 cm³/mol. The van der Waals surface area contributed by atoms with Crippen LogP contribution in [0.5, 0.6) is 5.88 Å². The maximum absolute atomic E-state index is 12.4. The summed E-state index contributed by atoms with van der Waals surface area (Å²) < 4.78 is 9.96. The quantitative estimate of drug-likeness (QED) is 0.815. The van der Waals surface area contributed by atoms with Crippen LogP contribution in [0.2, 0.25) is 10.0 Å². The molecule has 0 unspecified atom stereocenters. The van der Waals surface area contributed by atoms with E-state index in [0.29, 0.717) is 29.9 Å². The van der Waals surface area contributed by atoms with Gasteiger partial charge in [0.2, 0.25) is 5.76 Å². The molecule has 0 aliphatic carbocycles. The van der Waals surface area contributed by atoms with Gasteiger partial charge in [0.25, 0.3) is 11.8 Å². The summed E-state index contributed by atoms with van der Waals surface area (Å²) in [5.41, 5.74) is 1.06. The van der Waals surface area contributed by atoms with E-state index < -0.39 is 0 Å². The Bertz CT molecular complexity index is 724. The fraction of sp³-hybridized carbons (Fsp3) is 0.412. The molecule has 1 amide bonds. The summed E-state index contributed by atoms with van der Waals surface area (Å²) in [7, 11) is 1.48. The molecule has 2 heterocycles. The number of hydrogen-bond acceptors (Lipinski definition) is 4. The highest BCUT2D eigenvalue weighted by atomic mass is 35.5. The molecule has 1 aromatic carbocycles. The largest absolute Gasteiger partial charge is 0.479 e. The molecule has 5 nitrogen and oxygen atoms in total. The lowest BCUT2D eigenvalue weighted by Crippen LogP contribution is -2.38. The number of carbonyl (C=O) groups excluding carboxylic acids is 1. The van der Waals surface area contributed by atoms with Crippen LogP contribution in [-0.2, 0) is 6.42 Å². The van der Waals surface area contributed by atoms with Crippen molar-refractivity contribution in [1.29, 1.82) is 0 Å². The van der Waals surface area contributed by atoms with Gasteiger partial charge in [-0.05, 0) is 54.1 Å². The fourth-order valence-corrected chi connectivity index (χ4v) is 3.35. The molecule has 0 radical (unpaired) electrons. The van der Waals surface area contributed by atoms with Gasteiger partial charge in [-0.1, -0.05) is 23.2 Å². The van der Waals surface area contributed by atoms with Crippen molar-refractivity contribution < 1.29 is 14.1 Å². The topological polar surface area (TPSA) is 55.6 Å². The minimum absolute atomic E-state index is 0.148. The molecule has 0 bridgehead atoms. The van der Waals surface area contributed by atoms with Gasteiger partial charge in [0.1, 0.15) is 0 Å². The third-order valence-corrected chi connectivity index (χ3v) is 4.93. The summed E-state index contributed by atoms with van der Waals surface area (Å²) >= 11 is 12.3. The van der Waals surface area contributed by atoms with E-state index in [1.807, 2.05) is 12.1 Å². The summed E-state index contributed by atoms with van der Waals surface area (Å²) in [6.07, 6.45) is 2.71. The SMILES string of the molecule is COc1cc(C(=O)N2CCC(Cc3cc(Cl)ccc3Cl)CC2)on1. The lowest BCUT2D eigenvalue weighted by Gasteiger charge is -2.31. The Morgan fingerprint density at radius 2 is 2.08 bits per heavy atom. The van der Waals surface area contributed by atoms with Crippen LogP contribution in [0.4, 0.5) is 0 Å². The highest BCUT2D eigenvalue weighted by Gasteiger charge is 2.26. The summed E-state index contributed by atoms with van der Waals surface area (Å²) in [6.45, 7) is 1.37. The molecule has 1 saturated heterocycles. The first-order valence-electron chi connectivity index (χ1n) is 7.80. The number of benzene rings is 1. The zero-order chi connectivity index (χ0) is 17.1. The average Bonchev–Trinajstić information content (AvgIpc) is 3.07. The second-order valence-electron chi connectivity index (χ2n) is 5.91. The molecule has 24 heavy (non-hydrogen) atoms. The number of methoxy groups -OCH3 is 1. The van der Waals surface area contributed by atoms with Crippen LogP contribution in [0.25, 0.3) is 0 Å². The maximum atomic E-state index is 12.4. The monoisotopic (exact) mass is 368 g/mol. The van der Waals surface area contributed by atoms with E-state index in [1.165, 1.54) is 13.2 Å². The van der Waals surface area contributed by atoms with Gasteiger partial charge in [0.15, 0.2) is 0 Å². The van der Waals surface area contributed by atoms with Crippen molar-refractivity contribution in [3.63, 3.8) is 0 Å². The lowest BCUT2D eigenvalue weighted by atomic mass is 9.90. The first-order chi connectivity index (χ1) is 11.6. The lowest BCUT2D eigenvalue weighted by molar-refractivity contribution is 0.0648. The van der Waals surface area contributed by atoms with Gasteiger partial charge < -0.3 is 14.2 Å². The van der Waals surface area contributed by atoms with Crippen LogP contribution in [-0.4, -0.2) is 36.2 Å². The van der Waals surface area contributed by atoms with Crippen molar-refractivity contribution in [3.8, 4) is 5.88 Å². The van der Waals surface area contributed by atoms with Crippen molar-refractivity contribution in [2.75, 3.05) is 20.2 Å². The van der Waals surface area contributed by atoms with Crippen LogP contribution in [0.3, 0.4) is 0 Å². The number of halogens is 2. The highest BCUT2D eigenvalue weighted by molar-refractivity contribution is 6.33. The number of nitrogens with zero attached hydrogens (tertiary/aromatic N) is 2. The molecule has 128 valence electrons. The molecule has 1 fully saturated rings. The van der Waals surface area contributed by atoms with Crippen LogP contribution in [0, 0.1) is 5.92 Å². The molecule has 1 aliphatic rings. The second kappa shape index (κ2) is 7.45. The van der Waals surface area contributed by atoms with Crippen molar-refractivity contribution in [2.45, 2.75) is 19.3 Å². The van der Waals surface area contributed by atoms with Crippen molar-refractivity contribution in [3.05, 3.63) is 45.6 Å². The normalized spacial score (nSPS) is 15.5. The standard InChI is InChI=1S/C17H18Cl2N2O3/c1-23-16-10-15(24-20-16)17(22)21-6-4-11(5-7-21)8-12-9-13(18)2-3-14(12)19/h2-3,9-11H,4-8H2,1H3. The zero-order valence-electron chi connectivity index (χ0n) is 13.3. The van der Waals surface area contributed by atoms with Gasteiger partial charge in [-0.15, -0.1) is 0 Å². The van der Waals surface area contributed by atoms with E-state index >= 15 is 0 Å². The van der Waals surface area contributed by atoms with Crippen LogP contribution >= 0.6 is 23.2 Å². The molecule has 0 N–H and O–H groups in total. The molecule has 0 atom stereocenters. The van der Waals surface area contributed by atoms with E-state index in [0.717, 1.165) is 29.8 Å². The van der Waals surface area contributed by atoms with Crippen molar-refractivity contribution in [2.24, 2.45) is 5.92 Å². The molecular weight excluding hydrogens is 351 g/mol.